The van der Waals surface area contributed by atoms with E-state index in [-0.39, 0.29) is 11.5 Å². The van der Waals surface area contributed by atoms with Crippen LogP contribution in [0.1, 0.15) is 70.9 Å². The highest BCUT2D eigenvalue weighted by atomic mass is 16.3. The second kappa shape index (κ2) is 11.0. The van der Waals surface area contributed by atoms with Gasteiger partial charge < -0.3 is 15.2 Å². The van der Waals surface area contributed by atoms with E-state index in [1.54, 1.807) is 0 Å². The molecule has 0 saturated carbocycles. The molecule has 3 rings (SSSR count). The molecule has 2 aromatic carbocycles. The molecule has 0 radical (unpaired) electrons. The fraction of sp³-hybridized carbons (Fsp3) is 0.393. The Morgan fingerprint density at radius 2 is 1.84 bits per heavy atom. The van der Waals surface area contributed by atoms with E-state index >= 15 is 0 Å². The third-order valence-electron chi connectivity index (χ3n) is 5.89. The van der Waals surface area contributed by atoms with Gasteiger partial charge in [-0.3, -0.25) is 0 Å². The number of imidazole rings is 1. The van der Waals surface area contributed by atoms with Crippen LogP contribution in [0, 0.1) is 0 Å². The first-order valence-electron chi connectivity index (χ1n) is 11.7. The van der Waals surface area contributed by atoms with E-state index in [2.05, 4.69) is 44.8 Å². The molecule has 0 unspecified atom stereocenters. The van der Waals surface area contributed by atoms with Crippen LogP contribution in [-0.2, 0) is 12.8 Å². The van der Waals surface area contributed by atoms with E-state index in [9.17, 15) is 10.2 Å². The average Bonchev–Trinajstić information content (AvgIpc) is 3.17. The summed E-state index contributed by atoms with van der Waals surface area (Å²) in [6, 6.07) is 9.69. The Bertz CT molecular complexity index is 1080. The van der Waals surface area contributed by atoms with Crippen LogP contribution in [0.4, 0.5) is 0 Å². The number of aromatic amines is 1. The molecule has 4 heteroatoms. The van der Waals surface area contributed by atoms with Gasteiger partial charge in [0.1, 0.15) is 17.3 Å². The van der Waals surface area contributed by atoms with Gasteiger partial charge >= 0.3 is 0 Å². The molecule has 170 valence electrons. The van der Waals surface area contributed by atoms with Crippen LogP contribution in [0.25, 0.3) is 22.4 Å². The SMILES string of the molecule is CCCCCc1cc(O)c(CC=C(C)CCC=C(C)C)c(O)c1-c1nc2ccccc2[nH]1. The first kappa shape index (κ1) is 23.6. The number of unbranched alkanes of at least 4 members (excludes halogenated alkanes) is 2. The normalized spacial score (nSPS) is 11.8. The molecule has 0 aliphatic carbocycles. The van der Waals surface area contributed by atoms with E-state index in [1.165, 1.54) is 11.1 Å². The largest absolute Gasteiger partial charge is 0.508 e. The molecule has 4 nitrogen and oxygen atoms in total. The lowest BCUT2D eigenvalue weighted by molar-refractivity contribution is 0.440. The average molecular weight is 433 g/mol. The number of hydrogen-bond acceptors (Lipinski definition) is 3. The lowest BCUT2D eigenvalue weighted by Crippen LogP contribution is -1.97. The number of phenols is 2. The molecular formula is C28H36N2O2. The summed E-state index contributed by atoms with van der Waals surface area (Å²) in [7, 11) is 0. The van der Waals surface area contributed by atoms with Crippen LogP contribution in [0.5, 0.6) is 11.5 Å². The minimum absolute atomic E-state index is 0.129. The van der Waals surface area contributed by atoms with Crippen molar-refractivity contribution in [1.29, 1.82) is 0 Å². The molecule has 3 aromatic rings. The molecule has 32 heavy (non-hydrogen) atoms. The standard InChI is InChI=1S/C28H36N2O2/c1-5-6-7-13-21-18-25(31)22(17-16-20(4)12-10-11-19(2)3)27(32)26(21)28-29-23-14-8-9-15-24(23)30-28/h8-9,11,14-16,18,31-32H,5-7,10,12-13,17H2,1-4H3,(H,29,30). The van der Waals surface area contributed by atoms with Crippen molar-refractivity contribution in [3.05, 3.63) is 64.8 Å². The van der Waals surface area contributed by atoms with Crippen molar-refractivity contribution in [2.24, 2.45) is 0 Å². The van der Waals surface area contributed by atoms with E-state index < -0.39 is 0 Å². The summed E-state index contributed by atoms with van der Waals surface area (Å²) in [5, 5.41) is 22.1. The summed E-state index contributed by atoms with van der Waals surface area (Å²) < 4.78 is 0. The molecule has 0 spiro atoms. The Balaban J connectivity index is 1.98. The summed E-state index contributed by atoms with van der Waals surface area (Å²) in [5.74, 6) is 0.937. The number of benzene rings is 2. The molecule has 0 bridgehead atoms. The Kier molecular flexibility index (Phi) is 8.15. The third-order valence-corrected chi connectivity index (χ3v) is 5.89. The maximum Gasteiger partial charge on any atom is 0.142 e. The number of H-pyrrole nitrogens is 1. The minimum Gasteiger partial charge on any atom is -0.508 e. The first-order chi connectivity index (χ1) is 15.4. The van der Waals surface area contributed by atoms with Crippen molar-refractivity contribution in [2.45, 2.75) is 72.6 Å². The van der Waals surface area contributed by atoms with E-state index in [0.29, 0.717) is 23.4 Å². The smallest absolute Gasteiger partial charge is 0.142 e. The van der Waals surface area contributed by atoms with Crippen molar-refractivity contribution in [2.75, 3.05) is 0 Å². The summed E-state index contributed by atoms with van der Waals surface area (Å²) in [6.45, 7) is 8.49. The topological polar surface area (TPSA) is 69.1 Å². The molecule has 0 saturated heterocycles. The van der Waals surface area contributed by atoms with Gasteiger partial charge in [-0.2, -0.15) is 0 Å². The minimum atomic E-state index is 0.129. The van der Waals surface area contributed by atoms with Gasteiger partial charge in [-0.25, -0.2) is 4.98 Å². The quantitative estimate of drug-likeness (QED) is 0.228. The number of para-hydroxylation sites is 2. The van der Waals surface area contributed by atoms with Gasteiger partial charge in [-0.15, -0.1) is 0 Å². The molecule has 0 amide bonds. The molecular weight excluding hydrogens is 396 g/mol. The van der Waals surface area contributed by atoms with Gasteiger partial charge in [-0.1, -0.05) is 55.2 Å². The maximum atomic E-state index is 11.3. The lowest BCUT2D eigenvalue weighted by Gasteiger charge is -2.15. The summed E-state index contributed by atoms with van der Waals surface area (Å²) in [4.78, 5) is 8.10. The Morgan fingerprint density at radius 1 is 1.06 bits per heavy atom. The predicted molar refractivity (Wildman–Crippen MR) is 134 cm³/mol. The fourth-order valence-corrected chi connectivity index (χ4v) is 4.01. The number of phenolic OH excluding ortho intramolecular Hbond substituents is 2. The van der Waals surface area contributed by atoms with Crippen LogP contribution in [0.2, 0.25) is 0 Å². The number of aromatic hydroxyl groups is 2. The van der Waals surface area contributed by atoms with Gasteiger partial charge in [-0.05, 0) is 76.6 Å². The highest BCUT2D eigenvalue weighted by Crippen LogP contribution is 2.41. The molecule has 0 fully saturated rings. The van der Waals surface area contributed by atoms with Gasteiger partial charge in [0.05, 0.1) is 16.6 Å². The zero-order chi connectivity index (χ0) is 23.1. The van der Waals surface area contributed by atoms with Crippen molar-refractivity contribution >= 4 is 11.0 Å². The van der Waals surface area contributed by atoms with Crippen LogP contribution in [-0.4, -0.2) is 20.2 Å². The number of nitrogens with zero attached hydrogens (tertiary/aromatic N) is 1. The predicted octanol–water partition coefficient (Wildman–Crippen LogP) is 7.61. The number of nitrogens with one attached hydrogen (secondary N) is 1. The Hall–Kier alpha value is -3.01. The Morgan fingerprint density at radius 3 is 2.56 bits per heavy atom. The van der Waals surface area contributed by atoms with Gasteiger partial charge in [0, 0.05) is 5.56 Å². The molecule has 1 aromatic heterocycles. The number of hydrogen-bond donors (Lipinski definition) is 3. The van der Waals surface area contributed by atoms with Crippen molar-refractivity contribution in [1.82, 2.24) is 9.97 Å². The molecule has 1 heterocycles. The van der Waals surface area contributed by atoms with Gasteiger partial charge in [0.15, 0.2) is 0 Å². The van der Waals surface area contributed by atoms with Crippen molar-refractivity contribution in [3.8, 4) is 22.9 Å². The van der Waals surface area contributed by atoms with Crippen molar-refractivity contribution < 1.29 is 10.2 Å². The monoisotopic (exact) mass is 432 g/mol. The Labute approximate surface area is 191 Å². The molecule has 0 atom stereocenters. The second-order valence-corrected chi connectivity index (χ2v) is 8.89. The second-order valence-electron chi connectivity index (χ2n) is 8.89. The summed E-state index contributed by atoms with van der Waals surface area (Å²) in [5.41, 5.74) is 6.57. The van der Waals surface area contributed by atoms with Crippen LogP contribution >= 0.6 is 0 Å². The number of fused-ring (bicyclic) bond motifs is 1. The fourth-order valence-electron chi connectivity index (χ4n) is 4.01. The van der Waals surface area contributed by atoms with E-state index in [4.69, 9.17) is 4.98 Å². The van der Waals surface area contributed by atoms with Crippen molar-refractivity contribution in [3.63, 3.8) is 0 Å². The number of aromatic nitrogens is 2. The van der Waals surface area contributed by atoms with Crippen LogP contribution in [0.15, 0.2) is 53.6 Å². The lowest BCUT2D eigenvalue weighted by atomic mass is 9.94. The third kappa shape index (κ3) is 5.82. The zero-order valence-electron chi connectivity index (χ0n) is 19.8. The number of aryl methyl sites for hydroxylation is 1. The van der Waals surface area contributed by atoms with Gasteiger partial charge in [0.25, 0.3) is 0 Å². The highest BCUT2D eigenvalue weighted by Gasteiger charge is 2.20. The van der Waals surface area contributed by atoms with E-state index in [1.807, 2.05) is 30.3 Å². The number of allylic oxidation sites excluding steroid dienone is 4. The van der Waals surface area contributed by atoms with E-state index in [0.717, 1.165) is 55.1 Å². The molecule has 0 aliphatic rings. The van der Waals surface area contributed by atoms with Crippen LogP contribution < -0.4 is 0 Å². The summed E-state index contributed by atoms with van der Waals surface area (Å²) in [6.07, 6.45) is 10.8. The summed E-state index contributed by atoms with van der Waals surface area (Å²) >= 11 is 0. The molecule has 0 aliphatic heterocycles. The van der Waals surface area contributed by atoms with Gasteiger partial charge in [0.2, 0.25) is 0 Å². The zero-order valence-corrected chi connectivity index (χ0v) is 19.8. The molecule has 3 N–H and O–H groups in total. The number of rotatable bonds is 10. The highest BCUT2D eigenvalue weighted by molar-refractivity contribution is 5.82. The van der Waals surface area contributed by atoms with Crippen LogP contribution in [0.3, 0.4) is 0 Å². The first-order valence-corrected chi connectivity index (χ1v) is 11.7. The maximum absolute atomic E-state index is 11.3.